The molecule has 0 aromatic heterocycles. The second-order valence-electron chi connectivity index (χ2n) is 6.09. The minimum atomic E-state index is -0.816. The van der Waals surface area contributed by atoms with E-state index in [0.717, 1.165) is 0 Å². The van der Waals surface area contributed by atoms with Crippen molar-refractivity contribution in [3.8, 4) is 0 Å². The largest absolute Gasteiger partial charge is 0.481 e. The third kappa shape index (κ3) is 14.6. The van der Waals surface area contributed by atoms with Gasteiger partial charge in [-0.2, -0.15) is 0 Å². The van der Waals surface area contributed by atoms with E-state index in [1.165, 1.54) is 0 Å². The first-order valence-corrected chi connectivity index (χ1v) is 7.66. The lowest BCUT2D eigenvalue weighted by atomic mass is 10.2. The van der Waals surface area contributed by atoms with E-state index < -0.39 is 17.7 Å². The quantitative estimate of drug-likeness (QED) is 0.535. The molecule has 7 nitrogen and oxygen atoms in total. The molecule has 128 valence electrons. The van der Waals surface area contributed by atoms with Crippen LogP contribution in [0, 0.1) is 0 Å². The fourth-order valence-electron chi connectivity index (χ4n) is 1.63. The Morgan fingerprint density at radius 2 is 1.45 bits per heavy atom. The van der Waals surface area contributed by atoms with Crippen molar-refractivity contribution in [3.63, 3.8) is 0 Å². The van der Waals surface area contributed by atoms with E-state index in [0.29, 0.717) is 45.2 Å². The number of ether oxygens (including phenoxy) is 1. The van der Waals surface area contributed by atoms with Crippen molar-refractivity contribution in [1.82, 2.24) is 10.6 Å². The number of carbonyl (C=O) groups is 3. The third-order valence-corrected chi connectivity index (χ3v) is 2.64. The number of hydrogen-bond donors (Lipinski definition) is 3. The molecule has 0 aliphatic heterocycles. The predicted molar refractivity (Wildman–Crippen MR) is 82.6 cm³/mol. The molecule has 7 heteroatoms. The topological polar surface area (TPSA) is 105 Å². The zero-order chi connectivity index (χ0) is 17.0. The summed E-state index contributed by atoms with van der Waals surface area (Å²) in [5.41, 5.74) is -0.509. The van der Waals surface area contributed by atoms with Gasteiger partial charge in [0.05, 0.1) is 0 Å². The maximum absolute atomic E-state index is 11.5. The molecule has 0 spiro atoms. The second kappa shape index (κ2) is 10.9. The standard InChI is InChI=1S/C15H28N2O5/c1-15(2,3)22-14(21)17-11-6-4-8-12(18)16-10-7-5-9-13(19)20/h4-11H2,1-3H3,(H,16,18)(H,17,21)(H,19,20). The number of carboxylic acid groups (broad SMARTS) is 1. The summed E-state index contributed by atoms with van der Waals surface area (Å²) in [5.74, 6) is -0.864. The van der Waals surface area contributed by atoms with Crippen molar-refractivity contribution < 1.29 is 24.2 Å². The highest BCUT2D eigenvalue weighted by Gasteiger charge is 2.15. The number of rotatable bonds is 10. The Labute approximate surface area is 131 Å². The maximum atomic E-state index is 11.5. The number of nitrogens with one attached hydrogen (secondary N) is 2. The Hall–Kier alpha value is -1.79. The lowest BCUT2D eigenvalue weighted by molar-refractivity contribution is -0.137. The molecule has 0 rings (SSSR count). The van der Waals surface area contributed by atoms with Crippen LogP contribution in [0.1, 0.15) is 59.3 Å². The summed E-state index contributed by atoms with van der Waals surface area (Å²) in [4.78, 5) is 33.1. The average molecular weight is 316 g/mol. The van der Waals surface area contributed by atoms with Gasteiger partial charge >= 0.3 is 12.1 Å². The molecule has 0 fully saturated rings. The molecule has 3 N–H and O–H groups in total. The minimum absolute atomic E-state index is 0.0485. The van der Waals surface area contributed by atoms with Gasteiger partial charge in [0, 0.05) is 25.9 Å². The van der Waals surface area contributed by atoms with Gasteiger partial charge in [0.25, 0.3) is 0 Å². The van der Waals surface area contributed by atoms with Crippen LogP contribution in [0.5, 0.6) is 0 Å². The van der Waals surface area contributed by atoms with Crippen molar-refractivity contribution in [2.24, 2.45) is 0 Å². The molecule has 22 heavy (non-hydrogen) atoms. The lowest BCUT2D eigenvalue weighted by Gasteiger charge is -2.19. The number of carbonyl (C=O) groups excluding carboxylic acids is 2. The fraction of sp³-hybridized carbons (Fsp3) is 0.800. The molecule has 0 aromatic carbocycles. The molecule has 0 atom stereocenters. The summed E-state index contributed by atoms with van der Waals surface area (Å²) in [5, 5.41) is 13.8. The molecule has 0 aliphatic rings. The Bertz CT molecular complexity index is 363. The first kappa shape index (κ1) is 20.2. The number of alkyl carbamates (subject to hydrolysis) is 1. The van der Waals surface area contributed by atoms with Gasteiger partial charge in [-0.05, 0) is 46.5 Å². The van der Waals surface area contributed by atoms with Gasteiger partial charge < -0.3 is 20.5 Å². The molecule has 0 bridgehead atoms. The van der Waals surface area contributed by atoms with Gasteiger partial charge in [0.1, 0.15) is 5.60 Å². The van der Waals surface area contributed by atoms with Crippen LogP contribution >= 0.6 is 0 Å². The maximum Gasteiger partial charge on any atom is 0.407 e. The molecule has 0 heterocycles. The van der Waals surface area contributed by atoms with Crippen LogP contribution in [0.25, 0.3) is 0 Å². The van der Waals surface area contributed by atoms with E-state index in [1.807, 2.05) is 0 Å². The van der Waals surface area contributed by atoms with E-state index in [1.54, 1.807) is 20.8 Å². The minimum Gasteiger partial charge on any atom is -0.481 e. The first-order valence-electron chi connectivity index (χ1n) is 7.66. The average Bonchev–Trinajstić information content (AvgIpc) is 2.35. The Kier molecular flexibility index (Phi) is 9.98. The zero-order valence-electron chi connectivity index (χ0n) is 13.7. The SMILES string of the molecule is CC(C)(C)OC(=O)NCCCCC(=O)NCCCCC(=O)O. The molecule has 0 aromatic rings. The Balaban J connectivity index is 3.45. The van der Waals surface area contributed by atoms with E-state index in [2.05, 4.69) is 10.6 Å². The summed E-state index contributed by atoms with van der Waals surface area (Å²) in [6.07, 6.45) is 2.69. The summed E-state index contributed by atoms with van der Waals surface area (Å²) in [6.45, 7) is 6.37. The van der Waals surface area contributed by atoms with E-state index in [4.69, 9.17) is 9.84 Å². The highest BCUT2D eigenvalue weighted by Crippen LogP contribution is 2.06. The monoisotopic (exact) mass is 316 g/mol. The third-order valence-electron chi connectivity index (χ3n) is 2.64. The van der Waals surface area contributed by atoms with Crippen LogP contribution in [0.4, 0.5) is 4.79 Å². The smallest absolute Gasteiger partial charge is 0.407 e. The highest BCUT2D eigenvalue weighted by molar-refractivity contribution is 5.75. The van der Waals surface area contributed by atoms with Gasteiger partial charge in [0.2, 0.25) is 5.91 Å². The van der Waals surface area contributed by atoms with Crippen LogP contribution in [0.15, 0.2) is 0 Å². The zero-order valence-corrected chi connectivity index (χ0v) is 13.7. The number of hydrogen-bond acceptors (Lipinski definition) is 4. The van der Waals surface area contributed by atoms with Crippen LogP contribution < -0.4 is 10.6 Å². The predicted octanol–water partition coefficient (Wildman–Crippen LogP) is 2.05. The van der Waals surface area contributed by atoms with Gasteiger partial charge in [-0.1, -0.05) is 0 Å². The summed E-state index contributed by atoms with van der Waals surface area (Å²) in [6, 6.07) is 0. The Morgan fingerprint density at radius 3 is 2.00 bits per heavy atom. The molecule has 2 amide bonds. The molecule has 0 unspecified atom stereocenters. The molecule has 0 saturated heterocycles. The molecule has 0 radical (unpaired) electrons. The first-order chi connectivity index (χ1) is 10.2. The number of carboxylic acids is 1. The summed E-state index contributed by atoms with van der Waals surface area (Å²) >= 11 is 0. The number of amides is 2. The molecular formula is C15H28N2O5. The van der Waals surface area contributed by atoms with Gasteiger partial charge in [-0.15, -0.1) is 0 Å². The molecular weight excluding hydrogens is 288 g/mol. The van der Waals surface area contributed by atoms with Crippen molar-refractivity contribution in [2.45, 2.75) is 64.9 Å². The molecule has 0 aliphatic carbocycles. The van der Waals surface area contributed by atoms with E-state index in [-0.39, 0.29) is 12.3 Å². The highest BCUT2D eigenvalue weighted by atomic mass is 16.6. The van der Waals surface area contributed by atoms with E-state index >= 15 is 0 Å². The summed E-state index contributed by atoms with van der Waals surface area (Å²) < 4.78 is 5.09. The van der Waals surface area contributed by atoms with Crippen molar-refractivity contribution in [2.75, 3.05) is 13.1 Å². The van der Waals surface area contributed by atoms with Crippen molar-refractivity contribution in [1.29, 1.82) is 0 Å². The Morgan fingerprint density at radius 1 is 0.909 bits per heavy atom. The van der Waals surface area contributed by atoms with Crippen LogP contribution in [-0.4, -0.2) is 41.8 Å². The molecule has 0 saturated carbocycles. The van der Waals surface area contributed by atoms with Gasteiger partial charge in [-0.3, -0.25) is 9.59 Å². The van der Waals surface area contributed by atoms with Crippen LogP contribution in [-0.2, 0) is 14.3 Å². The van der Waals surface area contributed by atoms with Crippen LogP contribution in [0.2, 0.25) is 0 Å². The second-order valence-corrected chi connectivity index (χ2v) is 6.09. The normalized spacial score (nSPS) is 10.9. The van der Waals surface area contributed by atoms with Crippen molar-refractivity contribution >= 4 is 18.0 Å². The summed E-state index contributed by atoms with van der Waals surface area (Å²) in [7, 11) is 0. The van der Waals surface area contributed by atoms with E-state index in [9.17, 15) is 14.4 Å². The lowest BCUT2D eigenvalue weighted by Crippen LogP contribution is -2.33. The van der Waals surface area contributed by atoms with Crippen molar-refractivity contribution in [3.05, 3.63) is 0 Å². The fourth-order valence-corrected chi connectivity index (χ4v) is 1.63. The number of unbranched alkanes of at least 4 members (excludes halogenated alkanes) is 2. The number of aliphatic carboxylic acids is 1. The van der Waals surface area contributed by atoms with Gasteiger partial charge in [-0.25, -0.2) is 4.79 Å². The van der Waals surface area contributed by atoms with Gasteiger partial charge in [0.15, 0.2) is 0 Å². The van der Waals surface area contributed by atoms with Crippen LogP contribution in [0.3, 0.4) is 0 Å².